The molecule has 2 aromatic carbocycles. The van der Waals surface area contributed by atoms with Crippen LogP contribution in [0.5, 0.6) is 0 Å². The fourth-order valence-electron chi connectivity index (χ4n) is 4.87. The SMILES string of the molecule is CC(C)(C)OC(=O)NC[C@H]1CCCN1C(=O)c1cc2ncnc(N[C@H](CO)c3nc4cc(Cl)ccc4[nH]3)c2cc1Cl. The summed E-state index contributed by atoms with van der Waals surface area (Å²) in [6.45, 7) is 5.94. The average molecular weight is 601 g/mol. The monoisotopic (exact) mass is 599 g/mol. The zero-order valence-electron chi connectivity index (χ0n) is 22.9. The number of hydrogen-bond acceptors (Lipinski definition) is 8. The lowest BCUT2D eigenvalue weighted by atomic mass is 10.1. The third-order valence-corrected chi connectivity index (χ3v) is 7.31. The first kappa shape index (κ1) is 28.8. The van der Waals surface area contributed by atoms with E-state index in [1.165, 1.54) is 6.33 Å². The maximum absolute atomic E-state index is 13.6. The van der Waals surface area contributed by atoms with Gasteiger partial charge in [-0.15, -0.1) is 0 Å². The highest BCUT2D eigenvalue weighted by Gasteiger charge is 2.31. The number of halogens is 2. The van der Waals surface area contributed by atoms with Crippen molar-refractivity contribution in [1.82, 2.24) is 30.2 Å². The molecule has 41 heavy (non-hydrogen) atoms. The molecular weight excluding hydrogens is 569 g/mol. The normalized spacial score (nSPS) is 16.2. The Morgan fingerprint density at radius 1 is 1.20 bits per heavy atom. The number of anilines is 1. The summed E-state index contributed by atoms with van der Waals surface area (Å²) in [5.74, 6) is 0.691. The Balaban J connectivity index is 1.35. The molecule has 13 heteroatoms. The van der Waals surface area contributed by atoms with E-state index in [0.717, 1.165) is 18.4 Å². The second-order valence-corrected chi connectivity index (χ2v) is 11.8. The molecule has 0 bridgehead atoms. The largest absolute Gasteiger partial charge is 0.444 e. The van der Waals surface area contributed by atoms with Crippen LogP contribution in [0.15, 0.2) is 36.7 Å². The molecule has 1 aliphatic rings. The highest BCUT2D eigenvalue weighted by molar-refractivity contribution is 6.35. The second kappa shape index (κ2) is 11.7. The number of aliphatic hydroxyl groups excluding tert-OH is 1. The van der Waals surface area contributed by atoms with Crippen LogP contribution in [0.2, 0.25) is 10.0 Å². The van der Waals surface area contributed by atoms with Crippen LogP contribution in [0.25, 0.3) is 21.9 Å². The first-order valence-corrected chi connectivity index (χ1v) is 14.0. The van der Waals surface area contributed by atoms with Crippen molar-refractivity contribution in [2.45, 2.75) is 51.3 Å². The summed E-state index contributed by atoms with van der Waals surface area (Å²) in [6.07, 6.45) is 2.41. The number of alkyl carbamates (subject to hydrolysis) is 1. The lowest BCUT2D eigenvalue weighted by molar-refractivity contribution is 0.0501. The summed E-state index contributed by atoms with van der Waals surface area (Å²) < 4.78 is 5.32. The number of amides is 2. The Kier molecular flexibility index (Phi) is 8.21. The van der Waals surface area contributed by atoms with Gasteiger partial charge in [-0.2, -0.15) is 0 Å². The van der Waals surface area contributed by atoms with Gasteiger partial charge in [0.2, 0.25) is 0 Å². The quantitative estimate of drug-likeness (QED) is 0.230. The first-order valence-electron chi connectivity index (χ1n) is 13.3. The molecule has 2 aromatic heterocycles. The van der Waals surface area contributed by atoms with Crippen molar-refractivity contribution in [2.75, 3.05) is 25.0 Å². The van der Waals surface area contributed by atoms with E-state index in [1.807, 2.05) is 6.07 Å². The summed E-state index contributed by atoms with van der Waals surface area (Å²) in [5, 5.41) is 17.5. The third kappa shape index (κ3) is 6.47. The molecule has 2 atom stereocenters. The Morgan fingerprint density at radius 3 is 2.76 bits per heavy atom. The van der Waals surface area contributed by atoms with Crippen molar-refractivity contribution in [1.29, 1.82) is 0 Å². The topological polar surface area (TPSA) is 145 Å². The summed E-state index contributed by atoms with van der Waals surface area (Å²) >= 11 is 12.7. The lowest BCUT2D eigenvalue weighted by Crippen LogP contribution is -2.44. The van der Waals surface area contributed by atoms with E-state index in [-0.39, 0.29) is 30.1 Å². The van der Waals surface area contributed by atoms with Gasteiger partial charge in [-0.1, -0.05) is 23.2 Å². The van der Waals surface area contributed by atoms with E-state index >= 15 is 0 Å². The number of aromatic amines is 1. The van der Waals surface area contributed by atoms with Crippen molar-refractivity contribution < 1.29 is 19.4 Å². The molecule has 1 fully saturated rings. The maximum Gasteiger partial charge on any atom is 0.407 e. The number of carbonyl (C=O) groups is 2. The molecule has 4 aromatic rings. The first-order chi connectivity index (χ1) is 19.5. The number of benzene rings is 2. The number of rotatable bonds is 7. The van der Waals surface area contributed by atoms with E-state index in [1.54, 1.807) is 49.9 Å². The molecule has 0 aliphatic carbocycles. The molecule has 2 amide bonds. The van der Waals surface area contributed by atoms with E-state index in [4.69, 9.17) is 27.9 Å². The van der Waals surface area contributed by atoms with Crippen LogP contribution in [-0.2, 0) is 4.74 Å². The minimum Gasteiger partial charge on any atom is -0.444 e. The van der Waals surface area contributed by atoms with Crippen LogP contribution in [0, 0.1) is 0 Å². The predicted molar refractivity (Wildman–Crippen MR) is 157 cm³/mol. The number of carbonyl (C=O) groups excluding carboxylic acids is 2. The number of nitrogens with zero attached hydrogens (tertiary/aromatic N) is 4. The van der Waals surface area contributed by atoms with Gasteiger partial charge in [0.1, 0.15) is 29.6 Å². The zero-order valence-corrected chi connectivity index (χ0v) is 24.4. The minimum absolute atomic E-state index is 0.187. The number of H-pyrrole nitrogens is 1. The van der Waals surface area contributed by atoms with Crippen molar-refractivity contribution >= 4 is 63.0 Å². The number of likely N-dealkylation sites (tertiary alicyclic amines) is 1. The Bertz CT molecular complexity index is 1600. The number of aromatic nitrogens is 4. The molecule has 11 nitrogen and oxygen atoms in total. The number of imidazole rings is 1. The number of aliphatic hydroxyl groups is 1. The summed E-state index contributed by atoms with van der Waals surface area (Å²) in [7, 11) is 0. The number of ether oxygens (including phenoxy) is 1. The minimum atomic E-state index is -0.610. The van der Waals surface area contributed by atoms with Gasteiger partial charge in [0.25, 0.3) is 5.91 Å². The van der Waals surface area contributed by atoms with Crippen LogP contribution in [-0.4, -0.2) is 73.3 Å². The summed E-state index contributed by atoms with van der Waals surface area (Å²) in [4.78, 5) is 43.9. The molecule has 0 spiro atoms. The van der Waals surface area contributed by atoms with Gasteiger partial charge in [0, 0.05) is 29.5 Å². The van der Waals surface area contributed by atoms with Crippen LogP contribution < -0.4 is 10.6 Å². The van der Waals surface area contributed by atoms with Crippen LogP contribution in [0.3, 0.4) is 0 Å². The van der Waals surface area contributed by atoms with E-state index < -0.39 is 17.7 Å². The molecule has 1 aliphatic heterocycles. The number of fused-ring (bicyclic) bond motifs is 2. The molecule has 216 valence electrons. The van der Waals surface area contributed by atoms with Crippen molar-refractivity contribution in [3.8, 4) is 0 Å². The zero-order chi connectivity index (χ0) is 29.3. The fraction of sp³-hybridized carbons (Fsp3) is 0.393. The molecule has 4 N–H and O–H groups in total. The van der Waals surface area contributed by atoms with Gasteiger partial charge in [0.15, 0.2) is 0 Å². The highest BCUT2D eigenvalue weighted by atomic mass is 35.5. The fourth-order valence-corrected chi connectivity index (χ4v) is 5.28. The predicted octanol–water partition coefficient (Wildman–Crippen LogP) is 5.09. The van der Waals surface area contributed by atoms with Crippen molar-refractivity contribution in [3.63, 3.8) is 0 Å². The van der Waals surface area contributed by atoms with Gasteiger partial charge < -0.3 is 30.4 Å². The van der Waals surface area contributed by atoms with E-state index in [2.05, 4.69) is 30.6 Å². The summed E-state index contributed by atoms with van der Waals surface area (Å²) in [6, 6.07) is 7.80. The van der Waals surface area contributed by atoms with Crippen LogP contribution in [0.1, 0.15) is 55.8 Å². The van der Waals surface area contributed by atoms with Gasteiger partial charge in [-0.25, -0.2) is 19.7 Å². The third-order valence-electron chi connectivity index (χ3n) is 6.76. The van der Waals surface area contributed by atoms with Crippen molar-refractivity contribution in [3.05, 3.63) is 58.1 Å². The van der Waals surface area contributed by atoms with Gasteiger partial charge >= 0.3 is 6.09 Å². The highest BCUT2D eigenvalue weighted by Crippen LogP contribution is 2.31. The second-order valence-electron chi connectivity index (χ2n) is 10.9. The molecule has 3 heterocycles. The average Bonchev–Trinajstić information content (AvgIpc) is 3.55. The lowest BCUT2D eigenvalue weighted by Gasteiger charge is -2.26. The molecule has 1 saturated heterocycles. The number of nitrogens with one attached hydrogen (secondary N) is 3. The maximum atomic E-state index is 13.6. The van der Waals surface area contributed by atoms with Gasteiger partial charge in [-0.3, -0.25) is 4.79 Å². The van der Waals surface area contributed by atoms with Crippen LogP contribution in [0.4, 0.5) is 10.6 Å². The molecular formula is C28H31Cl2N7O4. The molecule has 5 rings (SSSR count). The number of hydrogen-bond donors (Lipinski definition) is 4. The smallest absolute Gasteiger partial charge is 0.407 e. The van der Waals surface area contributed by atoms with E-state index in [0.29, 0.717) is 45.2 Å². The van der Waals surface area contributed by atoms with E-state index in [9.17, 15) is 14.7 Å². The Labute approximate surface area is 246 Å². The molecule has 0 unspecified atom stereocenters. The van der Waals surface area contributed by atoms with Gasteiger partial charge in [0.05, 0.1) is 33.7 Å². The Morgan fingerprint density at radius 2 is 2.00 bits per heavy atom. The summed E-state index contributed by atoms with van der Waals surface area (Å²) in [5.41, 5.74) is 1.66. The van der Waals surface area contributed by atoms with Crippen LogP contribution >= 0.6 is 23.2 Å². The Hall–Kier alpha value is -3.67. The standard InChI is InChI=1S/C28H31Cl2N7O4/c1-28(2,3)41-27(40)31-12-16-5-4-8-37(16)26(39)17-11-21-18(10-19(17)30)24(33-14-32-21)36-23(13-38)25-34-20-7-6-15(29)9-22(20)35-25/h6-7,9-11,14,16,23,38H,4-5,8,12-13H2,1-3H3,(H,31,40)(H,34,35)(H,32,33,36)/t16-,23-/m1/s1. The van der Waals surface area contributed by atoms with Crippen molar-refractivity contribution in [2.24, 2.45) is 0 Å². The molecule has 0 radical (unpaired) electrons. The molecule has 0 saturated carbocycles. The van der Waals surface area contributed by atoms with Gasteiger partial charge in [-0.05, 0) is 63.9 Å².